The number of aromatic nitrogens is 1. The molecule has 0 unspecified atom stereocenters. The Balaban J connectivity index is 1.70. The van der Waals surface area contributed by atoms with E-state index in [0.29, 0.717) is 47.5 Å². The Bertz CT molecular complexity index is 1620. The molecule has 0 bridgehead atoms. The molecule has 1 aromatic carbocycles. The second-order valence-corrected chi connectivity index (χ2v) is 16.4. The lowest BCUT2D eigenvalue weighted by Crippen LogP contribution is -2.47. The number of rotatable bonds is 15. The number of alkyl halides is 3. The number of carbonyl (C=O) groups is 1. The molecule has 1 aliphatic carbocycles. The van der Waals surface area contributed by atoms with Crippen LogP contribution >= 0.6 is 34.2 Å². The van der Waals surface area contributed by atoms with Gasteiger partial charge in [0.05, 0.1) is 34.7 Å². The Kier molecular flexibility index (Phi) is 13.5. The van der Waals surface area contributed by atoms with Crippen molar-refractivity contribution in [3.05, 3.63) is 79.9 Å². The zero-order valence-electron chi connectivity index (χ0n) is 28.1. The van der Waals surface area contributed by atoms with Crippen LogP contribution in [0.2, 0.25) is 5.02 Å². The normalized spacial score (nSPS) is 17.2. The molecular weight excluding hydrogens is 796 g/mol. The molecular formula is C34H43ClF3IN4O5S. The predicted molar refractivity (Wildman–Crippen MR) is 193 cm³/mol. The highest BCUT2D eigenvalue weighted by atomic mass is 127. The van der Waals surface area contributed by atoms with E-state index in [4.69, 9.17) is 21.1 Å². The number of hydrogen-bond acceptors (Lipinski definition) is 8. The van der Waals surface area contributed by atoms with E-state index in [0.717, 1.165) is 58.3 Å². The van der Waals surface area contributed by atoms with Crippen LogP contribution in [0.5, 0.6) is 0 Å². The Labute approximate surface area is 305 Å². The number of esters is 1. The Hall–Kier alpha value is -2.40. The van der Waals surface area contributed by atoms with Crippen LogP contribution in [-0.4, -0.2) is 94.5 Å². The van der Waals surface area contributed by atoms with E-state index in [-0.39, 0.29) is 31.0 Å². The summed E-state index contributed by atoms with van der Waals surface area (Å²) in [6, 6.07) is 2.68. The first-order valence-corrected chi connectivity index (χ1v) is 19.4. The van der Waals surface area contributed by atoms with Crippen molar-refractivity contribution < 1.29 is 35.9 Å². The van der Waals surface area contributed by atoms with E-state index in [1.54, 1.807) is 12.3 Å². The number of piperazine rings is 1. The summed E-state index contributed by atoms with van der Waals surface area (Å²) >= 11 is 8.60. The van der Waals surface area contributed by atoms with Crippen molar-refractivity contribution in [3.8, 4) is 0 Å². The molecule has 1 aromatic heterocycles. The largest absolute Gasteiger partial charge is 0.494 e. The number of halogens is 5. The number of allylic oxidation sites excluding steroid dienone is 1. The van der Waals surface area contributed by atoms with E-state index >= 15 is 0 Å². The predicted octanol–water partition coefficient (Wildman–Crippen LogP) is 6.66. The molecule has 15 heteroatoms. The van der Waals surface area contributed by atoms with Gasteiger partial charge in [0.15, 0.2) is 0 Å². The van der Waals surface area contributed by atoms with E-state index in [9.17, 15) is 26.4 Å². The van der Waals surface area contributed by atoms with Gasteiger partial charge in [0.2, 0.25) is 10.0 Å². The molecule has 2 heterocycles. The van der Waals surface area contributed by atoms with Gasteiger partial charge in [0.1, 0.15) is 11.9 Å². The highest BCUT2D eigenvalue weighted by molar-refractivity contribution is 14.1. The zero-order chi connectivity index (χ0) is 36.1. The number of sulfonamides is 1. The quantitative estimate of drug-likeness (QED) is 0.0852. The summed E-state index contributed by atoms with van der Waals surface area (Å²) in [5.41, 5.74) is -0.706. The first-order chi connectivity index (χ1) is 22.9. The molecule has 270 valence electrons. The third-order valence-corrected chi connectivity index (χ3v) is 11.0. The van der Waals surface area contributed by atoms with Gasteiger partial charge in [0.25, 0.3) is 0 Å². The monoisotopic (exact) mass is 838 g/mol. The van der Waals surface area contributed by atoms with Gasteiger partial charge < -0.3 is 14.4 Å². The Morgan fingerprint density at radius 3 is 2.45 bits per heavy atom. The lowest BCUT2D eigenvalue weighted by molar-refractivity contribution is -0.137. The van der Waals surface area contributed by atoms with Crippen molar-refractivity contribution in [2.75, 3.05) is 63.5 Å². The molecule has 2 fully saturated rings. The molecule has 1 saturated carbocycles. The number of benzene rings is 1. The fraction of sp³-hybridized carbons (Fsp3) is 0.529. The molecule has 9 nitrogen and oxygen atoms in total. The van der Waals surface area contributed by atoms with Crippen molar-refractivity contribution in [1.29, 1.82) is 0 Å². The highest BCUT2D eigenvalue weighted by Crippen LogP contribution is 2.39. The Morgan fingerprint density at radius 1 is 1.20 bits per heavy atom. The number of ether oxygens (including phenoxy) is 2. The van der Waals surface area contributed by atoms with Gasteiger partial charge >= 0.3 is 12.1 Å². The van der Waals surface area contributed by atoms with Crippen molar-refractivity contribution in [1.82, 2.24) is 14.8 Å². The maximum absolute atomic E-state index is 14.3. The second-order valence-electron chi connectivity index (χ2n) is 12.9. The van der Waals surface area contributed by atoms with Crippen LogP contribution in [0.15, 0.2) is 54.6 Å². The first kappa shape index (κ1) is 39.4. The molecule has 0 radical (unpaired) electrons. The number of anilines is 1. The van der Waals surface area contributed by atoms with Crippen LogP contribution < -0.4 is 4.31 Å². The minimum absolute atomic E-state index is 0.138. The SMILES string of the molecule is C=C(/C=C(\C(C)C)[C@H](Cc1c(Cl)cncc1I)OC(=O)c1ccc(C(F)(F)F)c(N(CCN2CCN(C)CC2)S(C)(=O)=O)c1)OCC1CC1. The lowest BCUT2D eigenvalue weighted by Gasteiger charge is -2.34. The fourth-order valence-corrected chi connectivity index (χ4v) is 7.47. The second kappa shape index (κ2) is 16.7. The first-order valence-electron chi connectivity index (χ1n) is 16.1. The summed E-state index contributed by atoms with van der Waals surface area (Å²) in [6.45, 7) is 11.2. The van der Waals surface area contributed by atoms with Crippen LogP contribution in [0.3, 0.4) is 0 Å². The summed E-state index contributed by atoms with van der Waals surface area (Å²) in [5.74, 6) is -0.201. The maximum Gasteiger partial charge on any atom is 0.418 e. The topological polar surface area (TPSA) is 92.3 Å². The van der Waals surface area contributed by atoms with E-state index < -0.39 is 39.5 Å². The molecule has 4 rings (SSSR count). The Morgan fingerprint density at radius 2 is 1.88 bits per heavy atom. The number of pyridine rings is 1. The maximum atomic E-state index is 14.3. The molecule has 0 spiro atoms. The molecule has 2 aliphatic rings. The van der Waals surface area contributed by atoms with Gasteiger partial charge in [-0.2, -0.15) is 13.2 Å². The van der Waals surface area contributed by atoms with Gasteiger partial charge in [-0.05, 0) is 89.7 Å². The summed E-state index contributed by atoms with van der Waals surface area (Å²) in [4.78, 5) is 22.1. The summed E-state index contributed by atoms with van der Waals surface area (Å²) in [5, 5.41) is 0.362. The molecule has 2 aromatic rings. The number of nitrogens with zero attached hydrogens (tertiary/aromatic N) is 4. The van der Waals surface area contributed by atoms with Crippen molar-refractivity contribution in [3.63, 3.8) is 0 Å². The van der Waals surface area contributed by atoms with E-state index in [2.05, 4.69) is 39.1 Å². The van der Waals surface area contributed by atoms with Crippen molar-refractivity contribution >= 4 is 55.9 Å². The third kappa shape index (κ3) is 11.3. The van der Waals surface area contributed by atoms with Gasteiger partial charge in [-0.25, -0.2) is 13.2 Å². The molecule has 0 N–H and O–H groups in total. The number of carbonyl (C=O) groups excluding carboxylic acids is 1. The van der Waals surface area contributed by atoms with Crippen LogP contribution in [0.1, 0.15) is 48.2 Å². The standard InChI is InChI=1S/C34H43ClF3IN4O5S/c1-22(2)26(16-23(3)47-21-24-6-7-24)32(18-27-29(35)19-40-20-30(27)39)48-33(44)25-8-9-28(34(36,37)38)31(17-25)43(49(5,45)46)15-14-42-12-10-41(4)11-13-42/h8-9,16-17,19-20,22,24,32H,3,6-7,10-15,18,21H2,1-2,4-5H3/b26-16+/t32-/m0/s1. The summed E-state index contributed by atoms with van der Waals surface area (Å²) in [6.07, 6.45) is 2.21. The molecule has 1 atom stereocenters. The van der Waals surface area contributed by atoms with Crippen LogP contribution in [0.4, 0.5) is 18.9 Å². The smallest absolute Gasteiger partial charge is 0.418 e. The van der Waals surface area contributed by atoms with Crippen molar-refractivity contribution in [2.45, 2.75) is 45.4 Å². The third-order valence-electron chi connectivity index (χ3n) is 8.58. The fourth-order valence-electron chi connectivity index (χ4n) is 5.48. The molecule has 49 heavy (non-hydrogen) atoms. The summed E-state index contributed by atoms with van der Waals surface area (Å²) in [7, 11) is -2.21. The van der Waals surface area contributed by atoms with E-state index in [1.165, 1.54) is 6.20 Å². The van der Waals surface area contributed by atoms with Crippen LogP contribution in [0.25, 0.3) is 0 Å². The van der Waals surface area contributed by atoms with Gasteiger partial charge in [-0.3, -0.25) is 14.2 Å². The molecule has 1 saturated heterocycles. The number of likely N-dealkylation sites (N-methyl/N-ethyl adjacent to an activating group) is 1. The molecule has 0 amide bonds. The highest BCUT2D eigenvalue weighted by Gasteiger charge is 2.38. The number of hydrogen-bond donors (Lipinski definition) is 0. The van der Waals surface area contributed by atoms with Crippen LogP contribution in [-0.2, 0) is 32.1 Å². The molecule has 1 aliphatic heterocycles. The average Bonchev–Trinajstić information content (AvgIpc) is 3.84. The lowest BCUT2D eigenvalue weighted by atomic mass is 9.92. The van der Waals surface area contributed by atoms with Crippen LogP contribution in [0, 0.1) is 15.4 Å². The average molecular weight is 839 g/mol. The zero-order valence-corrected chi connectivity index (χ0v) is 31.8. The minimum Gasteiger partial charge on any atom is -0.494 e. The summed E-state index contributed by atoms with van der Waals surface area (Å²) < 4.78 is 82.4. The van der Waals surface area contributed by atoms with E-state index in [1.807, 2.05) is 25.8 Å². The van der Waals surface area contributed by atoms with Gasteiger partial charge in [-0.15, -0.1) is 0 Å². The van der Waals surface area contributed by atoms with Crippen molar-refractivity contribution in [2.24, 2.45) is 11.8 Å². The van der Waals surface area contributed by atoms with Gasteiger partial charge in [0, 0.05) is 61.7 Å². The minimum atomic E-state index is -4.89. The van der Waals surface area contributed by atoms with Gasteiger partial charge in [-0.1, -0.05) is 32.0 Å².